The molecule has 1 aromatic carbocycles. The van der Waals surface area contributed by atoms with Crippen molar-refractivity contribution in [3.8, 4) is 0 Å². The van der Waals surface area contributed by atoms with Gasteiger partial charge in [-0.15, -0.1) is 0 Å². The van der Waals surface area contributed by atoms with Gasteiger partial charge < -0.3 is 5.32 Å². The van der Waals surface area contributed by atoms with Crippen LogP contribution in [0.5, 0.6) is 0 Å². The van der Waals surface area contributed by atoms with Gasteiger partial charge in [0.25, 0.3) is 0 Å². The first-order valence-electron chi connectivity index (χ1n) is 6.90. The summed E-state index contributed by atoms with van der Waals surface area (Å²) in [7, 11) is 0. The van der Waals surface area contributed by atoms with Gasteiger partial charge in [-0.25, -0.2) is 0 Å². The highest BCUT2D eigenvalue weighted by Gasteiger charge is 2.26. The predicted molar refractivity (Wildman–Crippen MR) is 78.6 cm³/mol. The standard InChI is InChI=1S/C12H17N.2C2H6/c1-9-4-5-11-10(6-9)7-13-8-12(11,2)3;2*1-2/h4-6,13H,7-8H2,1-3H3;2*1-2H3. The molecule has 98 valence electrons. The summed E-state index contributed by atoms with van der Waals surface area (Å²) in [6.07, 6.45) is 0. The Morgan fingerprint density at radius 1 is 1.06 bits per heavy atom. The Morgan fingerprint density at radius 2 is 1.65 bits per heavy atom. The minimum atomic E-state index is 0.293. The van der Waals surface area contributed by atoms with Crippen LogP contribution in [0.15, 0.2) is 18.2 Å². The fourth-order valence-electron chi connectivity index (χ4n) is 2.13. The number of nitrogens with one attached hydrogen (secondary N) is 1. The maximum Gasteiger partial charge on any atom is 0.0208 e. The second-order valence-corrected chi connectivity index (χ2v) is 4.65. The van der Waals surface area contributed by atoms with E-state index in [9.17, 15) is 0 Å². The highest BCUT2D eigenvalue weighted by molar-refractivity contribution is 5.38. The largest absolute Gasteiger partial charge is 0.312 e. The molecule has 0 aromatic heterocycles. The van der Waals surface area contributed by atoms with E-state index in [1.54, 1.807) is 0 Å². The molecule has 0 fully saturated rings. The van der Waals surface area contributed by atoms with Gasteiger partial charge in [-0.1, -0.05) is 65.3 Å². The third-order valence-corrected chi connectivity index (χ3v) is 2.87. The summed E-state index contributed by atoms with van der Waals surface area (Å²) in [6.45, 7) is 16.9. The Kier molecular flexibility index (Phi) is 7.13. The molecule has 2 rings (SSSR count). The van der Waals surface area contributed by atoms with Gasteiger partial charge in [0.05, 0.1) is 0 Å². The quantitative estimate of drug-likeness (QED) is 0.701. The van der Waals surface area contributed by atoms with E-state index in [4.69, 9.17) is 0 Å². The lowest BCUT2D eigenvalue weighted by Crippen LogP contribution is -2.38. The van der Waals surface area contributed by atoms with Crippen molar-refractivity contribution in [2.24, 2.45) is 0 Å². The van der Waals surface area contributed by atoms with E-state index in [1.807, 2.05) is 27.7 Å². The lowest BCUT2D eigenvalue weighted by atomic mass is 9.79. The van der Waals surface area contributed by atoms with E-state index in [0.29, 0.717) is 5.41 Å². The van der Waals surface area contributed by atoms with Gasteiger partial charge in [-0.05, 0) is 18.1 Å². The average molecular weight is 235 g/mol. The fraction of sp³-hybridized carbons (Fsp3) is 0.625. The van der Waals surface area contributed by atoms with Gasteiger partial charge in [0.1, 0.15) is 0 Å². The molecule has 0 unspecified atom stereocenters. The third kappa shape index (κ3) is 4.16. The van der Waals surface area contributed by atoms with Gasteiger partial charge >= 0.3 is 0 Å². The van der Waals surface area contributed by atoms with Gasteiger partial charge in [-0.3, -0.25) is 0 Å². The van der Waals surface area contributed by atoms with E-state index in [1.165, 1.54) is 16.7 Å². The topological polar surface area (TPSA) is 12.0 Å². The van der Waals surface area contributed by atoms with E-state index in [-0.39, 0.29) is 0 Å². The number of hydrogen-bond acceptors (Lipinski definition) is 1. The predicted octanol–water partition coefficient (Wildman–Crippen LogP) is 4.43. The Morgan fingerprint density at radius 3 is 2.24 bits per heavy atom. The van der Waals surface area contributed by atoms with Gasteiger partial charge in [0.15, 0.2) is 0 Å². The summed E-state index contributed by atoms with van der Waals surface area (Å²) in [6, 6.07) is 6.79. The summed E-state index contributed by atoms with van der Waals surface area (Å²) in [5.74, 6) is 0. The second-order valence-electron chi connectivity index (χ2n) is 4.65. The molecule has 0 bridgehead atoms. The molecule has 0 atom stereocenters. The minimum Gasteiger partial charge on any atom is -0.312 e. The number of hydrogen-bond donors (Lipinski definition) is 1. The number of benzene rings is 1. The summed E-state index contributed by atoms with van der Waals surface area (Å²) < 4.78 is 0. The van der Waals surface area contributed by atoms with Crippen molar-refractivity contribution in [2.75, 3.05) is 6.54 Å². The van der Waals surface area contributed by atoms with Crippen LogP contribution in [0.4, 0.5) is 0 Å². The van der Waals surface area contributed by atoms with Crippen LogP contribution < -0.4 is 5.32 Å². The first-order chi connectivity index (χ1) is 8.09. The molecular weight excluding hydrogens is 206 g/mol. The normalized spacial score (nSPS) is 15.7. The van der Waals surface area contributed by atoms with Crippen molar-refractivity contribution < 1.29 is 0 Å². The van der Waals surface area contributed by atoms with Gasteiger partial charge in [0.2, 0.25) is 0 Å². The van der Waals surface area contributed by atoms with Crippen LogP contribution in [-0.2, 0) is 12.0 Å². The summed E-state index contributed by atoms with van der Waals surface area (Å²) in [5, 5.41) is 3.46. The van der Waals surface area contributed by atoms with Crippen LogP contribution in [0.3, 0.4) is 0 Å². The lowest BCUT2D eigenvalue weighted by Gasteiger charge is -2.33. The van der Waals surface area contributed by atoms with E-state index < -0.39 is 0 Å². The van der Waals surface area contributed by atoms with Crippen LogP contribution in [-0.4, -0.2) is 6.54 Å². The molecule has 1 heteroatoms. The third-order valence-electron chi connectivity index (χ3n) is 2.87. The molecule has 1 aliphatic rings. The van der Waals surface area contributed by atoms with Gasteiger partial charge in [0, 0.05) is 18.5 Å². The monoisotopic (exact) mass is 235 g/mol. The Labute approximate surface area is 108 Å². The second kappa shape index (κ2) is 7.50. The first-order valence-corrected chi connectivity index (χ1v) is 6.90. The molecule has 0 amide bonds. The van der Waals surface area contributed by atoms with Crippen LogP contribution >= 0.6 is 0 Å². The summed E-state index contributed by atoms with van der Waals surface area (Å²) in [5.41, 5.74) is 4.63. The SMILES string of the molecule is CC.CC.Cc1ccc2c(c1)CNCC2(C)C. The van der Waals surface area contributed by atoms with Crippen LogP contribution in [0, 0.1) is 6.92 Å². The smallest absolute Gasteiger partial charge is 0.0208 e. The molecule has 0 spiro atoms. The molecular formula is C16H29N. The van der Waals surface area contributed by atoms with E-state index in [0.717, 1.165) is 13.1 Å². The van der Waals surface area contributed by atoms with Crippen molar-refractivity contribution in [2.45, 2.75) is 60.4 Å². The molecule has 1 nitrogen and oxygen atoms in total. The van der Waals surface area contributed by atoms with Crippen LogP contribution in [0.25, 0.3) is 0 Å². The highest BCUT2D eigenvalue weighted by atomic mass is 14.9. The molecule has 0 saturated carbocycles. The number of aryl methyl sites for hydroxylation is 1. The molecule has 0 saturated heterocycles. The molecule has 0 radical (unpaired) electrons. The zero-order valence-electron chi connectivity index (χ0n) is 12.6. The van der Waals surface area contributed by atoms with Crippen molar-refractivity contribution in [3.63, 3.8) is 0 Å². The van der Waals surface area contributed by atoms with Crippen LogP contribution in [0.1, 0.15) is 58.2 Å². The maximum absolute atomic E-state index is 3.46. The summed E-state index contributed by atoms with van der Waals surface area (Å²) in [4.78, 5) is 0. The van der Waals surface area contributed by atoms with E-state index >= 15 is 0 Å². The lowest BCUT2D eigenvalue weighted by molar-refractivity contribution is 0.435. The van der Waals surface area contributed by atoms with Crippen LogP contribution in [0.2, 0.25) is 0 Å². The molecule has 1 aliphatic heterocycles. The van der Waals surface area contributed by atoms with E-state index in [2.05, 4.69) is 44.3 Å². The molecule has 0 aliphatic carbocycles. The molecule has 17 heavy (non-hydrogen) atoms. The first kappa shape index (κ1) is 16.2. The fourth-order valence-corrected chi connectivity index (χ4v) is 2.13. The zero-order valence-corrected chi connectivity index (χ0v) is 12.6. The minimum absolute atomic E-state index is 0.293. The molecule has 1 aromatic rings. The van der Waals surface area contributed by atoms with Crippen molar-refractivity contribution >= 4 is 0 Å². The van der Waals surface area contributed by atoms with Crippen molar-refractivity contribution in [1.82, 2.24) is 5.32 Å². The average Bonchev–Trinajstić information content (AvgIpc) is 2.33. The van der Waals surface area contributed by atoms with Crippen molar-refractivity contribution in [1.29, 1.82) is 0 Å². The van der Waals surface area contributed by atoms with Gasteiger partial charge in [-0.2, -0.15) is 0 Å². The summed E-state index contributed by atoms with van der Waals surface area (Å²) >= 11 is 0. The zero-order chi connectivity index (χ0) is 13.5. The molecule has 1 heterocycles. The highest BCUT2D eigenvalue weighted by Crippen LogP contribution is 2.29. The Hall–Kier alpha value is -0.820. The Balaban J connectivity index is 0.000000581. The van der Waals surface area contributed by atoms with Crippen molar-refractivity contribution in [3.05, 3.63) is 34.9 Å². The number of fused-ring (bicyclic) bond motifs is 1. The Bertz CT molecular complexity index is 326. The molecule has 1 N–H and O–H groups in total. The maximum atomic E-state index is 3.46. The number of rotatable bonds is 0.